The van der Waals surface area contributed by atoms with Gasteiger partial charge in [-0.15, -0.1) is 0 Å². The standard InChI is InChI=1S/C16H20N4O3/c1-2-22-11-14-18-15(19-23-14)12-6-5-9-20(10-12)16(21)13-7-3-4-8-17-13/h3-4,7-8,12H,2,5-6,9-11H2,1H3. The Kier molecular flexibility index (Phi) is 4.97. The van der Waals surface area contributed by atoms with Crippen molar-refractivity contribution in [2.24, 2.45) is 0 Å². The molecule has 0 radical (unpaired) electrons. The molecule has 1 fully saturated rings. The summed E-state index contributed by atoms with van der Waals surface area (Å²) in [4.78, 5) is 22.8. The Labute approximate surface area is 134 Å². The van der Waals surface area contributed by atoms with Crippen molar-refractivity contribution in [2.45, 2.75) is 32.3 Å². The van der Waals surface area contributed by atoms with Crippen LogP contribution in [-0.4, -0.2) is 45.6 Å². The van der Waals surface area contributed by atoms with Crippen LogP contribution in [0.15, 0.2) is 28.9 Å². The van der Waals surface area contributed by atoms with E-state index < -0.39 is 0 Å². The molecule has 0 bridgehead atoms. The summed E-state index contributed by atoms with van der Waals surface area (Å²) in [6, 6.07) is 5.36. The molecule has 2 aromatic rings. The van der Waals surface area contributed by atoms with Gasteiger partial charge in [-0.1, -0.05) is 11.2 Å². The first-order valence-corrected chi connectivity index (χ1v) is 7.88. The summed E-state index contributed by atoms with van der Waals surface area (Å²) >= 11 is 0. The summed E-state index contributed by atoms with van der Waals surface area (Å²) in [7, 11) is 0. The van der Waals surface area contributed by atoms with E-state index in [1.807, 2.05) is 17.9 Å². The van der Waals surface area contributed by atoms with Gasteiger partial charge in [0.1, 0.15) is 12.3 Å². The van der Waals surface area contributed by atoms with Gasteiger partial charge in [0.15, 0.2) is 5.82 Å². The molecule has 1 amide bonds. The smallest absolute Gasteiger partial charge is 0.272 e. The van der Waals surface area contributed by atoms with Gasteiger partial charge in [-0.2, -0.15) is 4.98 Å². The van der Waals surface area contributed by atoms with Crippen LogP contribution in [0.2, 0.25) is 0 Å². The second-order valence-corrected chi connectivity index (χ2v) is 5.49. The van der Waals surface area contributed by atoms with Gasteiger partial charge < -0.3 is 14.2 Å². The maximum Gasteiger partial charge on any atom is 0.272 e. The van der Waals surface area contributed by atoms with Crippen LogP contribution in [0.5, 0.6) is 0 Å². The third kappa shape index (κ3) is 3.73. The van der Waals surface area contributed by atoms with E-state index in [0.29, 0.717) is 37.2 Å². The molecule has 1 saturated heterocycles. The van der Waals surface area contributed by atoms with Gasteiger partial charge in [-0.3, -0.25) is 9.78 Å². The van der Waals surface area contributed by atoms with E-state index in [0.717, 1.165) is 19.4 Å². The van der Waals surface area contributed by atoms with Gasteiger partial charge >= 0.3 is 0 Å². The predicted octanol–water partition coefficient (Wildman–Crippen LogP) is 2.02. The summed E-state index contributed by atoms with van der Waals surface area (Å²) < 4.78 is 10.5. The van der Waals surface area contributed by atoms with Crippen molar-refractivity contribution < 1.29 is 14.1 Å². The number of piperidine rings is 1. The van der Waals surface area contributed by atoms with E-state index in [1.165, 1.54) is 0 Å². The van der Waals surface area contributed by atoms with Crippen molar-refractivity contribution in [1.29, 1.82) is 0 Å². The highest BCUT2D eigenvalue weighted by molar-refractivity contribution is 5.92. The highest BCUT2D eigenvalue weighted by atomic mass is 16.5. The summed E-state index contributed by atoms with van der Waals surface area (Å²) in [5.74, 6) is 1.18. The van der Waals surface area contributed by atoms with Crippen LogP contribution in [0.25, 0.3) is 0 Å². The van der Waals surface area contributed by atoms with Crippen molar-refractivity contribution in [1.82, 2.24) is 20.0 Å². The van der Waals surface area contributed by atoms with Crippen molar-refractivity contribution >= 4 is 5.91 Å². The monoisotopic (exact) mass is 316 g/mol. The highest BCUT2D eigenvalue weighted by Crippen LogP contribution is 2.25. The minimum absolute atomic E-state index is 0.0478. The van der Waals surface area contributed by atoms with E-state index in [1.54, 1.807) is 18.3 Å². The molecule has 0 aliphatic carbocycles. The zero-order chi connectivity index (χ0) is 16.1. The second-order valence-electron chi connectivity index (χ2n) is 5.49. The van der Waals surface area contributed by atoms with E-state index in [2.05, 4.69) is 15.1 Å². The number of carbonyl (C=O) groups excluding carboxylic acids is 1. The second kappa shape index (κ2) is 7.32. The molecule has 0 N–H and O–H groups in total. The number of aromatic nitrogens is 3. The number of ether oxygens (including phenoxy) is 1. The van der Waals surface area contributed by atoms with E-state index in [4.69, 9.17) is 9.26 Å². The first-order chi connectivity index (χ1) is 11.3. The molecule has 3 heterocycles. The lowest BCUT2D eigenvalue weighted by atomic mass is 9.97. The number of carbonyl (C=O) groups is 1. The first kappa shape index (κ1) is 15.6. The number of nitrogens with zero attached hydrogens (tertiary/aromatic N) is 4. The summed E-state index contributed by atoms with van der Waals surface area (Å²) in [5.41, 5.74) is 0.471. The van der Waals surface area contributed by atoms with Gasteiger partial charge in [0, 0.05) is 31.8 Å². The summed E-state index contributed by atoms with van der Waals surface area (Å²) in [6.07, 6.45) is 3.49. The molecule has 1 aliphatic heterocycles. The maximum absolute atomic E-state index is 12.5. The van der Waals surface area contributed by atoms with Crippen LogP contribution in [-0.2, 0) is 11.3 Å². The largest absolute Gasteiger partial charge is 0.372 e. The number of likely N-dealkylation sites (tertiary alicyclic amines) is 1. The molecule has 0 saturated carbocycles. The average Bonchev–Trinajstić information content (AvgIpc) is 3.09. The van der Waals surface area contributed by atoms with Crippen molar-refractivity contribution in [3.05, 3.63) is 41.8 Å². The fourth-order valence-corrected chi connectivity index (χ4v) is 2.71. The third-order valence-corrected chi connectivity index (χ3v) is 3.87. The predicted molar refractivity (Wildman–Crippen MR) is 81.7 cm³/mol. The third-order valence-electron chi connectivity index (χ3n) is 3.87. The molecule has 3 rings (SSSR count). The minimum atomic E-state index is -0.0478. The van der Waals surface area contributed by atoms with Gasteiger partial charge in [-0.05, 0) is 31.9 Å². The lowest BCUT2D eigenvalue weighted by Crippen LogP contribution is -2.39. The molecule has 0 aromatic carbocycles. The van der Waals surface area contributed by atoms with E-state index in [9.17, 15) is 4.79 Å². The zero-order valence-corrected chi connectivity index (χ0v) is 13.1. The fourth-order valence-electron chi connectivity index (χ4n) is 2.71. The Balaban J connectivity index is 1.66. The van der Waals surface area contributed by atoms with Gasteiger partial charge in [0.05, 0.1) is 0 Å². The summed E-state index contributed by atoms with van der Waals surface area (Å²) in [5, 5.41) is 4.04. The molecule has 1 unspecified atom stereocenters. The number of rotatable bonds is 5. The number of hydrogen-bond donors (Lipinski definition) is 0. The Morgan fingerprint density at radius 2 is 2.39 bits per heavy atom. The first-order valence-electron chi connectivity index (χ1n) is 7.88. The molecular weight excluding hydrogens is 296 g/mol. The Morgan fingerprint density at radius 1 is 1.48 bits per heavy atom. The molecular formula is C16H20N4O3. The maximum atomic E-state index is 12.5. The minimum Gasteiger partial charge on any atom is -0.372 e. The number of pyridine rings is 1. The quantitative estimate of drug-likeness (QED) is 0.839. The van der Waals surface area contributed by atoms with Crippen LogP contribution in [0.1, 0.15) is 47.9 Å². The zero-order valence-electron chi connectivity index (χ0n) is 13.1. The van der Waals surface area contributed by atoms with Crippen LogP contribution in [0.4, 0.5) is 0 Å². The Morgan fingerprint density at radius 3 is 3.17 bits per heavy atom. The number of hydrogen-bond acceptors (Lipinski definition) is 6. The molecule has 2 aromatic heterocycles. The summed E-state index contributed by atoms with van der Waals surface area (Å²) in [6.45, 7) is 4.17. The molecule has 1 atom stereocenters. The highest BCUT2D eigenvalue weighted by Gasteiger charge is 2.28. The molecule has 7 heteroatoms. The normalized spacial score (nSPS) is 18.1. The van der Waals surface area contributed by atoms with Crippen LogP contribution in [0.3, 0.4) is 0 Å². The van der Waals surface area contributed by atoms with Crippen molar-refractivity contribution in [3.63, 3.8) is 0 Å². The molecule has 7 nitrogen and oxygen atoms in total. The fraction of sp³-hybridized carbons (Fsp3) is 0.500. The number of amides is 1. The molecule has 1 aliphatic rings. The van der Waals surface area contributed by atoms with Gasteiger partial charge in [0.25, 0.3) is 11.8 Å². The van der Waals surface area contributed by atoms with Crippen molar-refractivity contribution in [2.75, 3.05) is 19.7 Å². The van der Waals surface area contributed by atoms with Crippen molar-refractivity contribution in [3.8, 4) is 0 Å². The average molecular weight is 316 g/mol. The lowest BCUT2D eigenvalue weighted by Gasteiger charge is -2.31. The lowest BCUT2D eigenvalue weighted by molar-refractivity contribution is 0.0697. The SMILES string of the molecule is CCOCc1nc(C2CCCN(C(=O)c3ccccn3)C2)no1. The Hall–Kier alpha value is -2.28. The van der Waals surface area contributed by atoms with E-state index >= 15 is 0 Å². The topological polar surface area (TPSA) is 81.4 Å². The van der Waals surface area contributed by atoms with Gasteiger partial charge in [-0.25, -0.2) is 0 Å². The molecule has 23 heavy (non-hydrogen) atoms. The Bertz CT molecular complexity index is 644. The molecule has 0 spiro atoms. The van der Waals surface area contributed by atoms with Crippen LogP contribution in [0, 0.1) is 0 Å². The van der Waals surface area contributed by atoms with Crippen LogP contribution >= 0.6 is 0 Å². The van der Waals surface area contributed by atoms with E-state index in [-0.39, 0.29) is 11.8 Å². The van der Waals surface area contributed by atoms with Gasteiger partial charge in [0.2, 0.25) is 0 Å². The molecule has 122 valence electrons. The van der Waals surface area contributed by atoms with Crippen LogP contribution < -0.4 is 0 Å².